The van der Waals surface area contributed by atoms with E-state index in [1.165, 1.54) is 5.56 Å². The van der Waals surface area contributed by atoms with Crippen molar-refractivity contribution in [3.63, 3.8) is 0 Å². The van der Waals surface area contributed by atoms with Crippen LogP contribution in [0.3, 0.4) is 0 Å². The van der Waals surface area contributed by atoms with Crippen molar-refractivity contribution < 1.29 is 19.5 Å². The molecular weight excluding hydrogens is 430 g/mol. The molecule has 1 unspecified atom stereocenters. The molecule has 0 saturated heterocycles. The maximum atomic E-state index is 12.7. The minimum absolute atomic E-state index is 0.0323. The molecule has 1 aliphatic heterocycles. The number of hydrogen-bond donors (Lipinski definition) is 3. The number of urea groups is 1. The number of nitrogens with zero attached hydrogens (tertiary/aromatic N) is 1. The van der Waals surface area contributed by atoms with Crippen LogP contribution in [-0.4, -0.2) is 29.6 Å². The molecule has 3 N–H and O–H groups in total. The third kappa shape index (κ3) is 5.61. The van der Waals surface area contributed by atoms with Gasteiger partial charge in [-0.3, -0.25) is 14.5 Å². The number of fused-ring (bicyclic) bond motifs is 1. The SMILES string of the molecule is CC(CC(=O)O)c1cccc(NC(=O)Cc2ccc(NC(=O)N3CCc4ccccc43)cc2)c1. The zero-order chi connectivity index (χ0) is 24.1. The molecule has 0 spiro atoms. The Kier molecular flexibility index (Phi) is 6.92. The first-order valence-corrected chi connectivity index (χ1v) is 11.3. The molecular formula is C27H27N3O4. The van der Waals surface area contributed by atoms with E-state index in [0.717, 1.165) is 23.2 Å². The van der Waals surface area contributed by atoms with Gasteiger partial charge < -0.3 is 15.7 Å². The molecule has 4 rings (SSSR count). The van der Waals surface area contributed by atoms with Crippen LogP contribution in [-0.2, 0) is 22.4 Å². The van der Waals surface area contributed by atoms with E-state index in [9.17, 15) is 14.4 Å². The molecule has 34 heavy (non-hydrogen) atoms. The largest absolute Gasteiger partial charge is 0.481 e. The van der Waals surface area contributed by atoms with E-state index in [0.29, 0.717) is 17.9 Å². The van der Waals surface area contributed by atoms with Gasteiger partial charge in [0.25, 0.3) is 0 Å². The summed E-state index contributed by atoms with van der Waals surface area (Å²) in [7, 11) is 0. The van der Waals surface area contributed by atoms with E-state index in [1.54, 1.807) is 35.2 Å². The lowest BCUT2D eigenvalue weighted by Crippen LogP contribution is -2.33. The van der Waals surface area contributed by atoms with Crippen molar-refractivity contribution >= 4 is 35.0 Å². The fourth-order valence-electron chi connectivity index (χ4n) is 4.14. The lowest BCUT2D eigenvalue weighted by molar-refractivity contribution is -0.137. The second-order valence-electron chi connectivity index (χ2n) is 8.51. The molecule has 0 saturated carbocycles. The summed E-state index contributed by atoms with van der Waals surface area (Å²) in [5, 5.41) is 14.8. The molecule has 0 aliphatic carbocycles. The fraction of sp³-hybridized carbons (Fsp3) is 0.222. The Bertz CT molecular complexity index is 1210. The maximum absolute atomic E-state index is 12.7. The number of anilines is 3. The Labute approximate surface area is 198 Å². The van der Waals surface area contributed by atoms with Crippen LogP contribution in [0.2, 0.25) is 0 Å². The normalized spacial score (nSPS) is 13.1. The third-order valence-corrected chi connectivity index (χ3v) is 5.92. The van der Waals surface area contributed by atoms with Gasteiger partial charge in [-0.2, -0.15) is 0 Å². The van der Waals surface area contributed by atoms with Crippen molar-refractivity contribution in [2.24, 2.45) is 0 Å². The summed E-state index contributed by atoms with van der Waals surface area (Å²) in [4.78, 5) is 37.9. The van der Waals surface area contributed by atoms with Gasteiger partial charge >= 0.3 is 12.0 Å². The Morgan fingerprint density at radius 3 is 2.47 bits per heavy atom. The van der Waals surface area contributed by atoms with Gasteiger partial charge in [-0.05, 0) is 59.4 Å². The first-order chi connectivity index (χ1) is 16.4. The number of benzene rings is 3. The van der Waals surface area contributed by atoms with Crippen molar-refractivity contribution in [1.82, 2.24) is 0 Å². The third-order valence-electron chi connectivity index (χ3n) is 5.92. The molecule has 3 amide bonds. The van der Waals surface area contributed by atoms with E-state index in [2.05, 4.69) is 10.6 Å². The number of carboxylic acids is 1. The minimum Gasteiger partial charge on any atom is -0.481 e. The van der Waals surface area contributed by atoms with Crippen LogP contribution in [0.15, 0.2) is 72.8 Å². The predicted octanol–water partition coefficient (Wildman–Crippen LogP) is 5.04. The monoisotopic (exact) mass is 457 g/mol. The van der Waals surface area contributed by atoms with Gasteiger partial charge in [0, 0.05) is 23.6 Å². The summed E-state index contributed by atoms with van der Waals surface area (Å²) in [6.45, 7) is 2.50. The van der Waals surface area contributed by atoms with Crippen LogP contribution in [0, 0.1) is 0 Å². The van der Waals surface area contributed by atoms with Crippen LogP contribution in [0.25, 0.3) is 0 Å². The van der Waals surface area contributed by atoms with Crippen LogP contribution >= 0.6 is 0 Å². The zero-order valence-electron chi connectivity index (χ0n) is 19.0. The second kappa shape index (κ2) is 10.2. The number of para-hydroxylation sites is 1. The van der Waals surface area contributed by atoms with Gasteiger partial charge in [0.1, 0.15) is 0 Å². The molecule has 7 nitrogen and oxygen atoms in total. The van der Waals surface area contributed by atoms with E-state index in [1.807, 2.05) is 49.4 Å². The molecule has 0 fully saturated rings. The molecule has 7 heteroatoms. The smallest absolute Gasteiger partial charge is 0.326 e. The predicted molar refractivity (Wildman–Crippen MR) is 132 cm³/mol. The summed E-state index contributed by atoms with van der Waals surface area (Å²) in [5.74, 6) is -1.17. The first kappa shape index (κ1) is 23.0. The van der Waals surface area contributed by atoms with Crippen LogP contribution < -0.4 is 15.5 Å². The van der Waals surface area contributed by atoms with Gasteiger partial charge in [0.2, 0.25) is 5.91 Å². The molecule has 0 bridgehead atoms. The fourth-order valence-corrected chi connectivity index (χ4v) is 4.14. The Morgan fingerprint density at radius 2 is 1.71 bits per heavy atom. The van der Waals surface area contributed by atoms with Crippen LogP contribution in [0.4, 0.5) is 21.9 Å². The highest BCUT2D eigenvalue weighted by Gasteiger charge is 2.24. The van der Waals surface area contributed by atoms with Gasteiger partial charge in [-0.15, -0.1) is 0 Å². The number of hydrogen-bond acceptors (Lipinski definition) is 3. The summed E-state index contributed by atoms with van der Waals surface area (Å²) < 4.78 is 0. The number of rotatable bonds is 7. The van der Waals surface area contributed by atoms with Gasteiger partial charge in [-0.1, -0.05) is 49.4 Å². The van der Waals surface area contributed by atoms with Crippen molar-refractivity contribution in [3.8, 4) is 0 Å². The summed E-state index contributed by atoms with van der Waals surface area (Å²) in [6.07, 6.45) is 1.06. The molecule has 174 valence electrons. The minimum atomic E-state index is -0.855. The summed E-state index contributed by atoms with van der Waals surface area (Å²) in [5.41, 5.74) is 5.09. The molecule has 0 aromatic heterocycles. The Hall–Kier alpha value is -4.13. The molecule has 1 aliphatic rings. The highest BCUT2D eigenvalue weighted by molar-refractivity contribution is 6.03. The average molecular weight is 458 g/mol. The van der Waals surface area contributed by atoms with Crippen LogP contribution in [0.1, 0.15) is 36.0 Å². The number of carbonyl (C=O) groups excluding carboxylic acids is 2. The summed E-state index contributed by atoms with van der Waals surface area (Å²) in [6, 6.07) is 22.2. The quantitative estimate of drug-likeness (QED) is 0.463. The number of aliphatic carboxylic acids is 1. The standard InChI is InChI=1S/C27H27N3O4/c1-18(15-26(32)33)21-6-4-7-23(17-21)28-25(31)16-19-9-11-22(12-10-19)29-27(34)30-14-13-20-5-2-3-8-24(20)30/h2-12,17-18H,13-16H2,1H3,(H,28,31)(H,29,34)(H,32,33). The Balaban J connectivity index is 1.32. The highest BCUT2D eigenvalue weighted by Crippen LogP contribution is 2.28. The molecule has 1 heterocycles. The van der Waals surface area contributed by atoms with Gasteiger partial charge in [-0.25, -0.2) is 4.79 Å². The van der Waals surface area contributed by atoms with Crippen molar-refractivity contribution in [3.05, 3.63) is 89.5 Å². The van der Waals surface area contributed by atoms with E-state index >= 15 is 0 Å². The zero-order valence-corrected chi connectivity index (χ0v) is 19.0. The molecule has 3 aromatic carbocycles. The van der Waals surface area contributed by atoms with E-state index < -0.39 is 5.97 Å². The number of amides is 3. The van der Waals surface area contributed by atoms with Gasteiger partial charge in [0.15, 0.2) is 0 Å². The number of carboxylic acid groups (broad SMARTS) is 1. The second-order valence-corrected chi connectivity index (χ2v) is 8.51. The Morgan fingerprint density at radius 1 is 0.941 bits per heavy atom. The highest BCUT2D eigenvalue weighted by atomic mass is 16.4. The van der Waals surface area contributed by atoms with Crippen molar-refractivity contribution in [2.75, 3.05) is 22.1 Å². The number of nitrogens with one attached hydrogen (secondary N) is 2. The van der Waals surface area contributed by atoms with Gasteiger partial charge in [0.05, 0.1) is 12.8 Å². The molecule has 3 aromatic rings. The average Bonchev–Trinajstić information content (AvgIpc) is 3.24. The molecule has 1 atom stereocenters. The lowest BCUT2D eigenvalue weighted by Gasteiger charge is -2.18. The van der Waals surface area contributed by atoms with Crippen LogP contribution in [0.5, 0.6) is 0 Å². The topological polar surface area (TPSA) is 98.7 Å². The molecule has 0 radical (unpaired) electrons. The summed E-state index contributed by atoms with van der Waals surface area (Å²) >= 11 is 0. The number of carbonyl (C=O) groups is 3. The first-order valence-electron chi connectivity index (χ1n) is 11.3. The van der Waals surface area contributed by atoms with E-state index in [4.69, 9.17) is 5.11 Å². The van der Waals surface area contributed by atoms with Crippen molar-refractivity contribution in [1.29, 1.82) is 0 Å². The lowest BCUT2D eigenvalue weighted by atomic mass is 9.97. The van der Waals surface area contributed by atoms with E-state index in [-0.39, 0.29) is 30.7 Å². The maximum Gasteiger partial charge on any atom is 0.326 e. The van der Waals surface area contributed by atoms with Crippen molar-refractivity contribution in [2.45, 2.75) is 32.1 Å².